The molecule has 2 aromatic rings. The van der Waals surface area contributed by atoms with Gasteiger partial charge < -0.3 is 14.6 Å². The molecule has 0 bridgehead atoms. The number of rotatable bonds is 4. The van der Waals surface area contributed by atoms with Crippen molar-refractivity contribution >= 4 is 15.9 Å². The largest absolute Gasteiger partial charge is 0.503 e. The molecule has 3 rings (SSSR count). The maximum atomic E-state index is 12.5. The van der Waals surface area contributed by atoms with Crippen molar-refractivity contribution < 1.29 is 18.3 Å². The van der Waals surface area contributed by atoms with E-state index in [-0.39, 0.29) is 17.1 Å². The van der Waals surface area contributed by atoms with E-state index in [9.17, 15) is 23.1 Å². The molecule has 9 heteroatoms. The summed E-state index contributed by atoms with van der Waals surface area (Å²) in [5, 5.41) is 9.98. The van der Waals surface area contributed by atoms with Gasteiger partial charge >= 0.3 is 0 Å². The van der Waals surface area contributed by atoms with Crippen LogP contribution in [0.3, 0.4) is 0 Å². The zero-order chi connectivity index (χ0) is 19.1. The molecular weight excluding hydrogens is 358 g/mol. The lowest BCUT2D eigenvalue weighted by Crippen LogP contribution is -2.41. The maximum absolute atomic E-state index is 12.5. The highest BCUT2D eigenvalue weighted by Crippen LogP contribution is 2.21. The predicted octanol–water partition coefficient (Wildman–Crippen LogP) is 0.426. The molecule has 1 aliphatic heterocycles. The van der Waals surface area contributed by atoms with Gasteiger partial charge in [0.05, 0.1) is 11.4 Å². The van der Waals surface area contributed by atoms with Crippen LogP contribution in [0.15, 0.2) is 40.0 Å². The van der Waals surface area contributed by atoms with Gasteiger partial charge in [0, 0.05) is 31.9 Å². The van der Waals surface area contributed by atoms with Gasteiger partial charge in [-0.05, 0) is 18.6 Å². The Morgan fingerprint density at radius 1 is 1.19 bits per heavy atom. The second-order valence-electron chi connectivity index (χ2n) is 6.17. The number of likely N-dealkylation sites (N-methyl/N-ethyl adjacent to an activating group) is 1. The Morgan fingerprint density at radius 2 is 1.88 bits per heavy atom. The van der Waals surface area contributed by atoms with Crippen molar-refractivity contribution in [1.29, 1.82) is 0 Å². The van der Waals surface area contributed by atoms with Gasteiger partial charge in [-0.1, -0.05) is 18.2 Å². The Balaban J connectivity index is 1.97. The van der Waals surface area contributed by atoms with Crippen molar-refractivity contribution in [1.82, 2.24) is 14.2 Å². The number of pyridine rings is 1. The minimum absolute atomic E-state index is 0.115. The van der Waals surface area contributed by atoms with Crippen LogP contribution in [0.4, 0.5) is 0 Å². The van der Waals surface area contributed by atoms with Crippen LogP contribution in [0, 0.1) is 6.92 Å². The van der Waals surface area contributed by atoms with E-state index < -0.39 is 27.1 Å². The Kier molecular flexibility index (Phi) is 4.59. The molecule has 1 aromatic carbocycles. The zero-order valence-corrected chi connectivity index (χ0v) is 15.2. The highest BCUT2D eigenvalue weighted by Gasteiger charge is 2.28. The number of carbonyl (C=O) groups excluding carboxylic acids is 1. The van der Waals surface area contributed by atoms with Crippen LogP contribution >= 0.6 is 0 Å². The summed E-state index contributed by atoms with van der Waals surface area (Å²) in [6, 6.07) is 7.71. The molecule has 0 radical (unpaired) electrons. The van der Waals surface area contributed by atoms with Crippen LogP contribution in [0.25, 0.3) is 0 Å². The minimum atomic E-state index is -3.79. The topological polar surface area (TPSA) is 109 Å². The molecule has 1 aliphatic rings. The van der Waals surface area contributed by atoms with Gasteiger partial charge in [0.25, 0.3) is 5.91 Å². The number of nitrogens with zero attached hydrogens (tertiary/aromatic N) is 2. The molecule has 2 heterocycles. The number of hydrogen-bond acceptors (Lipinski definition) is 5. The second-order valence-corrected chi connectivity index (χ2v) is 7.90. The molecule has 0 fully saturated rings. The van der Waals surface area contributed by atoms with E-state index >= 15 is 0 Å². The van der Waals surface area contributed by atoms with E-state index in [1.54, 1.807) is 32.2 Å². The van der Waals surface area contributed by atoms with E-state index in [4.69, 9.17) is 0 Å². The van der Waals surface area contributed by atoms with Crippen LogP contribution in [-0.4, -0.2) is 42.5 Å². The van der Waals surface area contributed by atoms with Crippen LogP contribution in [-0.2, 0) is 23.1 Å². The number of amides is 1. The molecule has 0 spiro atoms. The van der Waals surface area contributed by atoms with Crippen molar-refractivity contribution in [3.05, 3.63) is 57.5 Å². The number of carbonyl (C=O) groups is 1. The van der Waals surface area contributed by atoms with E-state index in [1.165, 1.54) is 15.5 Å². The molecule has 0 aliphatic carbocycles. The van der Waals surface area contributed by atoms with Crippen molar-refractivity contribution in [2.75, 3.05) is 13.6 Å². The molecule has 26 heavy (non-hydrogen) atoms. The van der Waals surface area contributed by atoms with Gasteiger partial charge in [0.2, 0.25) is 15.5 Å². The van der Waals surface area contributed by atoms with Gasteiger partial charge in [-0.25, -0.2) is 13.1 Å². The van der Waals surface area contributed by atoms with Crippen LogP contribution in [0.1, 0.15) is 21.7 Å². The molecule has 0 atom stereocenters. The first kappa shape index (κ1) is 18.2. The average molecular weight is 377 g/mol. The third kappa shape index (κ3) is 3.11. The predicted molar refractivity (Wildman–Crippen MR) is 94.5 cm³/mol. The molecule has 0 saturated heterocycles. The first-order chi connectivity index (χ1) is 12.2. The van der Waals surface area contributed by atoms with Gasteiger partial charge in [-0.15, -0.1) is 0 Å². The fourth-order valence-corrected chi connectivity index (χ4v) is 4.18. The van der Waals surface area contributed by atoms with Crippen LogP contribution < -0.4 is 10.2 Å². The van der Waals surface area contributed by atoms with Crippen LogP contribution in [0.2, 0.25) is 0 Å². The zero-order valence-electron chi connectivity index (χ0n) is 14.4. The lowest BCUT2D eigenvalue weighted by Gasteiger charge is -2.29. The fourth-order valence-electron chi connectivity index (χ4n) is 2.94. The highest BCUT2D eigenvalue weighted by molar-refractivity contribution is 7.89. The quantitative estimate of drug-likeness (QED) is 0.803. The van der Waals surface area contributed by atoms with Crippen molar-refractivity contribution in [3.63, 3.8) is 0 Å². The lowest BCUT2D eigenvalue weighted by molar-refractivity contribution is 0.0740. The van der Waals surface area contributed by atoms with Gasteiger partial charge in [0.15, 0.2) is 11.4 Å². The number of aromatic nitrogens is 1. The third-order valence-electron chi connectivity index (χ3n) is 4.41. The van der Waals surface area contributed by atoms with Crippen LogP contribution in [0.5, 0.6) is 5.75 Å². The van der Waals surface area contributed by atoms with Crippen molar-refractivity contribution in [3.8, 4) is 5.75 Å². The van der Waals surface area contributed by atoms with E-state index in [0.717, 1.165) is 6.07 Å². The summed E-state index contributed by atoms with van der Waals surface area (Å²) in [7, 11) is -2.21. The first-order valence-electron chi connectivity index (χ1n) is 7.99. The summed E-state index contributed by atoms with van der Waals surface area (Å²) < 4.78 is 29.0. The van der Waals surface area contributed by atoms with Gasteiger partial charge in [0.1, 0.15) is 0 Å². The third-order valence-corrected chi connectivity index (χ3v) is 5.97. The maximum Gasteiger partial charge on any atom is 0.274 e. The number of sulfonamides is 1. The number of benzene rings is 1. The SMILES string of the molecule is Cc1ccccc1S(=O)(=O)NCc1cc(=O)c(O)c2n1CCN(C)C2=O. The number of aromatic hydroxyl groups is 1. The molecule has 1 aromatic heterocycles. The molecule has 2 N–H and O–H groups in total. The summed E-state index contributed by atoms with van der Waals surface area (Å²) in [6.45, 7) is 2.27. The molecule has 0 saturated carbocycles. The molecule has 138 valence electrons. The number of aryl methyl sites for hydroxylation is 1. The number of fused-ring (bicyclic) bond motifs is 1. The van der Waals surface area contributed by atoms with Gasteiger partial charge in [-0.2, -0.15) is 0 Å². The normalized spacial score (nSPS) is 14.4. The standard InChI is InChI=1S/C17H19N3O5S/c1-11-5-3-4-6-14(11)26(24,25)18-10-12-9-13(21)16(22)15-17(23)19(2)7-8-20(12)15/h3-6,9,18,22H,7-8,10H2,1-2H3. The Hall–Kier alpha value is -2.65. The van der Waals surface area contributed by atoms with E-state index in [2.05, 4.69) is 4.72 Å². The van der Waals surface area contributed by atoms with E-state index in [1.807, 2.05) is 0 Å². The summed E-state index contributed by atoms with van der Waals surface area (Å²) in [5.74, 6) is -1.10. The second kappa shape index (κ2) is 6.58. The minimum Gasteiger partial charge on any atom is -0.503 e. The van der Waals surface area contributed by atoms with Crippen molar-refractivity contribution in [2.45, 2.75) is 24.9 Å². The Bertz CT molecular complexity index is 1040. The number of hydrogen-bond donors (Lipinski definition) is 2. The summed E-state index contributed by atoms with van der Waals surface area (Å²) in [5.41, 5.74) is 0.0874. The molecule has 1 amide bonds. The van der Waals surface area contributed by atoms with E-state index in [0.29, 0.717) is 24.3 Å². The molecular formula is C17H19N3O5S. The Labute approximate surface area is 150 Å². The molecule has 0 unspecified atom stereocenters. The first-order valence-corrected chi connectivity index (χ1v) is 9.47. The molecule has 8 nitrogen and oxygen atoms in total. The highest BCUT2D eigenvalue weighted by atomic mass is 32.2. The lowest BCUT2D eigenvalue weighted by atomic mass is 10.2. The summed E-state index contributed by atoms with van der Waals surface area (Å²) in [6.07, 6.45) is 0. The fraction of sp³-hybridized carbons (Fsp3) is 0.294. The summed E-state index contributed by atoms with van der Waals surface area (Å²) in [4.78, 5) is 25.8. The smallest absolute Gasteiger partial charge is 0.274 e. The number of nitrogens with one attached hydrogen (secondary N) is 1. The average Bonchev–Trinajstić information content (AvgIpc) is 2.59. The summed E-state index contributed by atoms with van der Waals surface area (Å²) >= 11 is 0. The van der Waals surface area contributed by atoms with Gasteiger partial charge in [-0.3, -0.25) is 9.59 Å². The Morgan fingerprint density at radius 3 is 2.58 bits per heavy atom. The monoisotopic (exact) mass is 377 g/mol. The van der Waals surface area contributed by atoms with Crippen molar-refractivity contribution in [2.24, 2.45) is 0 Å².